The number of halogens is 1. The lowest BCUT2D eigenvalue weighted by atomic mass is 10.2. The number of ether oxygens (including phenoxy) is 1. The van der Waals surface area contributed by atoms with E-state index in [0.29, 0.717) is 22.9 Å². The molecule has 0 saturated carbocycles. The molecule has 0 atom stereocenters. The fraction of sp³-hybridized carbons (Fsp3) is 0.364. The lowest BCUT2D eigenvalue weighted by Gasteiger charge is -2.05. The average molecular weight is 213 g/mol. The van der Waals surface area contributed by atoms with Gasteiger partial charge in [-0.2, -0.15) is 0 Å². The van der Waals surface area contributed by atoms with Crippen molar-refractivity contribution in [3.05, 3.63) is 28.8 Å². The number of unbranched alkanes of at least 4 members (excludes halogenated alkanes) is 1. The van der Waals surface area contributed by atoms with Crippen LogP contribution < -0.4 is 4.74 Å². The van der Waals surface area contributed by atoms with Crippen molar-refractivity contribution in [1.29, 1.82) is 0 Å². The van der Waals surface area contributed by atoms with Gasteiger partial charge in [0.2, 0.25) is 0 Å². The number of aldehydes is 1. The number of hydrogen-bond acceptors (Lipinski definition) is 2. The van der Waals surface area contributed by atoms with Gasteiger partial charge in [0.15, 0.2) is 6.29 Å². The molecule has 1 aromatic carbocycles. The Morgan fingerprint density at radius 1 is 1.50 bits per heavy atom. The van der Waals surface area contributed by atoms with E-state index in [1.807, 2.05) is 0 Å². The molecular formula is C11H13ClO2. The summed E-state index contributed by atoms with van der Waals surface area (Å²) in [7, 11) is 0. The van der Waals surface area contributed by atoms with E-state index in [4.69, 9.17) is 16.3 Å². The van der Waals surface area contributed by atoms with Gasteiger partial charge in [-0.1, -0.05) is 24.9 Å². The van der Waals surface area contributed by atoms with Crippen molar-refractivity contribution < 1.29 is 9.53 Å². The Balaban J connectivity index is 2.64. The SMILES string of the molecule is CCCCOc1ccc(Cl)c(C=O)c1. The van der Waals surface area contributed by atoms with Gasteiger partial charge in [-0.15, -0.1) is 0 Å². The van der Waals surface area contributed by atoms with E-state index in [2.05, 4.69) is 6.92 Å². The third-order valence-corrected chi connectivity index (χ3v) is 2.21. The largest absolute Gasteiger partial charge is 0.494 e. The maximum Gasteiger partial charge on any atom is 0.151 e. The highest BCUT2D eigenvalue weighted by Crippen LogP contribution is 2.20. The smallest absolute Gasteiger partial charge is 0.151 e. The number of rotatable bonds is 5. The molecule has 76 valence electrons. The normalized spacial score (nSPS) is 9.86. The van der Waals surface area contributed by atoms with Gasteiger partial charge < -0.3 is 4.74 Å². The molecule has 14 heavy (non-hydrogen) atoms. The predicted octanol–water partition coefficient (Wildman–Crippen LogP) is 3.33. The second-order valence-corrected chi connectivity index (χ2v) is 3.41. The lowest BCUT2D eigenvalue weighted by Crippen LogP contribution is -1.97. The second-order valence-electron chi connectivity index (χ2n) is 3.00. The molecule has 1 rings (SSSR count). The van der Waals surface area contributed by atoms with E-state index < -0.39 is 0 Å². The summed E-state index contributed by atoms with van der Waals surface area (Å²) in [4.78, 5) is 10.6. The molecule has 0 amide bonds. The molecule has 3 heteroatoms. The highest BCUT2D eigenvalue weighted by Gasteiger charge is 2.01. The quantitative estimate of drug-likeness (QED) is 0.553. The van der Waals surface area contributed by atoms with Crippen LogP contribution in [0.2, 0.25) is 5.02 Å². The van der Waals surface area contributed by atoms with Crippen LogP contribution in [0, 0.1) is 0 Å². The van der Waals surface area contributed by atoms with Crippen LogP contribution in [0.25, 0.3) is 0 Å². The van der Waals surface area contributed by atoms with E-state index in [0.717, 1.165) is 19.1 Å². The molecule has 0 bridgehead atoms. The van der Waals surface area contributed by atoms with Crippen LogP contribution in [0.4, 0.5) is 0 Å². The minimum absolute atomic E-state index is 0.461. The average Bonchev–Trinajstić information content (AvgIpc) is 2.21. The lowest BCUT2D eigenvalue weighted by molar-refractivity contribution is 0.112. The van der Waals surface area contributed by atoms with Gasteiger partial charge in [0.05, 0.1) is 11.6 Å². The Morgan fingerprint density at radius 2 is 2.29 bits per heavy atom. The van der Waals surface area contributed by atoms with Crippen molar-refractivity contribution in [1.82, 2.24) is 0 Å². The summed E-state index contributed by atoms with van der Waals surface area (Å²) in [5.74, 6) is 0.699. The topological polar surface area (TPSA) is 26.3 Å². The van der Waals surface area contributed by atoms with Crippen LogP contribution in [0.3, 0.4) is 0 Å². The summed E-state index contributed by atoms with van der Waals surface area (Å²) < 4.78 is 5.43. The van der Waals surface area contributed by atoms with Crippen molar-refractivity contribution >= 4 is 17.9 Å². The Labute approximate surface area is 88.8 Å². The first-order chi connectivity index (χ1) is 6.77. The van der Waals surface area contributed by atoms with Crippen molar-refractivity contribution in [2.75, 3.05) is 6.61 Å². The second kappa shape index (κ2) is 5.66. The molecule has 0 unspecified atom stereocenters. The van der Waals surface area contributed by atoms with Crippen LogP contribution >= 0.6 is 11.6 Å². The van der Waals surface area contributed by atoms with Gasteiger partial charge in [0, 0.05) is 5.56 Å². The molecule has 0 heterocycles. The van der Waals surface area contributed by atoms with Gasteiger partial charge in [0.25, 0.3) is 0 Å². The van der Waals surface area contributed by atoms with E-state index in [9.17, 15) is 4.79 Å². The molecule has 0 fully saturated rings. The summed E-state index contributed by atoms with van der Waals surface area (Å²) in [6.07, 6.45) is 2.84. The number of carbonyl (C=O) groups excluding carboxylic acids is 1. The van der Waals surface area contributed by atoms with Gasteiger partial charge in [-0.3, -0.25) is 4.79 Å². The summed E-state index contributed by atoms with van der Waals surface area (Å²) in [5.41, 5.74) is 0.473. The van der Waals surface area contributed by atoms with Crippen molar-refractivity contribution in [3.8, 4) is 5.75 Å². The number of benzene rings is 1. The molecule has 1 aromatic rings. The fourth-order valence-corrected chi connectivity index (χ4v) is 1.20. The molecule has 0 aliphatic heterocycles. The van der Waals surface area contributed by atoms with Crippen LogP contribution in [-0.2, 0) is 0 Å². The van der Waals surface area contributed by atoms with Crippen LogP contribution in [0.5, 0.6) is 5.75 Å². The molecule has 0 aromatic heterocycles. The third-order valence-electron chi connectivity index (χ3n) is 1.86. The van der Waals surface area contributed by atoms with Crippen LogP contribution in [0.1, 0.15) is 30.1 Å². The number of carbonyl (C=O) groups is 1. The van der Waals surface area contributed by atoms with Crippen molar-refractivity contribution in [3.63, 3.8) is 0 Å². The standard InChI is InChI=1S/C11H13ClO2/c1-2-3-6-14-10-4-5-11(12)9(7-10)8-13/h4-5,7-8H,2-3,6H2,1H3. The highest BCUT2D eigenvalue weighted by atomic mass is 35.5. The zero-order chi connectivity index (χ0) is 10.4. The van der Waals surface area contributed by atoms with Crippen molar-refractivity contribution in [2.24, 2.45) is 0 Å². The maximum absolute atomic E-state index is 10.6. The monoisotopic (exact) mass is 212 g/mol. The predicted molar refractivity (Wildman–Crippen MR) is 57.2 cm³/mol. The first kappa shape index (κ1) is 11.1. The van der Waals surface area contributed by atoms with E-state index >= 15 is 0 Å². The zero-order valence-corrected chi connectivity index (χ0v) is 8.88. The Morgan fingerprint density at radius 3 is 2.93 bits per heavy atom. The maximum atomic E-state index is 10.6. The Kier molecular flexibility index (Phi) is 4.47. The summed E-state index contributed by atoms with van der Waals surface area (Å²) >= 11 is 5.77. The third kappa shape index (κ3) is 3.04. The summed E-state index contributed by atoms with van der Waals surface area (Å²) in [6.45, 7) is 2.78. The number of hydrogen-bond donors (Lipinski definition) is 0. The van der Waals surface area contributed by atoms with Crippen LogP contribution in [0.15, 0.2) is 18.2 Å². The first-order valence-electron chi connectivity index (χ1n) is 4.65. The molecule has 0 N–H and O–H groups in total. The van der Waals surface area contributed by atoms with E-state index in [1.165, 1.54) is 0 Å². The molecule has 0 saturated heterocycles. The van der Waals surface area contributed by atoms with Crippen molar-refractivity contribution in [2.45, 2.75) is 19.8 Å². The zero-order valence-electron chi connectivity index (χ0n) is 8.13. The molecule has 0 aliphatic carbocycles. The summed E-state index contributed by atoms with van der Waals surface area (Å²) in [6, 6.07) is 5.10. The summed E-state index contributed by atoms with van der Waals surface area (Å²) in [5, 5.41) is 0.461. The first-order valence-corrected chi connectivity index (χ1v) is 5.03. The van der Waals surface area contributed by atoms with E-state index in [1.54, 1.807) is 18.2 Å². The molecular weight excluding hydrogens is 200 g/mol. The van der Waals surface area contributed by atoms with Gasteiger partial charge in [0.1, 0.15) is 5.75 Å². The molecule has 0 spiro atoms. The van der Waals surface area contributed by atoms with Gasteiger partial charge >= 0.3 is 0 Å². The Hall–Kier alpha value is -1.02. The fourth-order valence-electron chi connectivity index (χ4n) is 1.04. The minimum Gasteiger partial charge on any atom is -0.494 e. The molecule has 2 nitrogen and oxygen atoms in total. The molecule has 0 aliphatic rings. The van der Waals surface area contributed by atoms with Gasteiger partial charge in [-0.25, -0.2) is 0 Å². The van der Waals surface area contributed by atoms with Gasteiger partial charge in [-0.05, 0) is 24.6 Å². The Bertz CT molecular complexity index is 310. The minimum atomic E-state index is 0.461. The molecule has 0 radical (unpaired) electrons. The van der Waals surface area contributed by atoms with E-state index in [-0.39, 0.29) is 0 Å². The highest BCUT2D eigenvalue weighted by molar-refractivity contribution is 6.32. The van der Waals surface area contributed by atoms with Crippen LogP contribution in [-0.4, -0.2) is 12.9 Å².